The molecule has 1 heterocycles. The van der Waals surface area contributed by atoms with E-state index < -0.39 is 0 Å². The van der Waals surface area contributed by atoms with E-state index in [4.69, 9.17) is 0 Å². The van der Waals surface area contributed by atoms with Gasteiger partial charge in [0, 0.05) is 25.8 Å². The molecule has 0 radical (unpaired) electrons. The fourth-order valence-corrected chi connectivity index (χ4v) is 1.62. The molecule has 0 aliphatic carbocycles. The van der Waals surface area contributed by atoms with E-state index in [1.165, 1.54) is 13.4 Å². The summed E-state index contributed by atoms with van der Waals surface area (Å²) in [5.74, 6) is 1.15. The minimum absolute atomic E-state index is 0.353. The van der Waals surface area contributed by atoms with Gasteiger partial charge in [-0.3, -0.25) is 0 Å². The predicted octanol–water partition coefficient (Wildman–Crippen LogP) is 2.07. The quantitative estimate of drug-likeness (QED) is 0.859. The van der Waals surface area contributed by atoms with Crippen molar-refractivity contribution < 1.29 is 9.53 Å². The molecular formula is C14H16N4O2. The maximum Gasteiger partial charge on any atom is 0.337 e. The van der Waals surface area contributed by atoms with Crippen molar-refractivity contribution in [2.45, 2.75) is 0 Å². The molecule has 0 atom stereocenters. The largest absolute Gasteiger partial charge is 0.465 e. The van der Waals surface area contributed by atoms with Crippen molar-refractivity contribution in [2.24, 2.45) is 0 Å². The van der Waals surface area contributed by atoms with Crippen molar-refractivity contribution >= 4 is 23.3 Å². The first kappa shape index (κ1) is 13.8. The second-order valence-electron chi connectivity index (χ2n) is 4.35. The zero-order valence-electron chi connectivity index (χ0n) is 11.6. The summed E-state index contributed by atoms with van der Waals surface area (Å²) < 4.78 is 4.65. The van der Waals surface area contributed by atoms with Gasteiger partial charge in [-0.05, 0) is 24.3 Å². The summed E-state index contributed by atoms with van der Waals surface area (Å²) >= 11 is 0. The van der Waals surface area contributed by atoms with Crippen LogP contribution in [0.4, 0.5) is 17.3 Å². The Balaban J connectivity index is 2.14. The Morgan fingerprint density at radius 1 is 1.20 bits per heavy atom. The lowest BCUT2D eigenvalue weighted by molar-refractivity contribution is 0.0601. The van der Waals surface area contributed by atoms with Gasteiger partial charge in [-0.1, -0.05) is 0 Å². The number of methoxy groups -OCH3 is 1. The molecule has 0 unspecified atom stereocenters. The number of benzene rings is 1. The summed E-state index contributed by atoms with van der Waals surface area (Å²) in [6.07, 6.45) is 1.50. The highest BCUT2D eigenvalue weighted by molar-refractivity contribution is 5.89. The van der Waals surface area contributed by atoms with Crippen molar-refractivity contribution in [2.75, 3.05) is 31.4 Å². The molecule has 2 rings (SSSR count). The second-order valence-corrected chi connectivity index (χ2v) is 4.35. The Bertz CT molecular complexity index is 596. The molecule has 0 aliphatic heterocycles. The lowest BCUT2D eigenvalue weighted by Crippen LogP contribution is -2.11. The van der Waals surface area contributed by atoms with Gasteiger partial charge in [0.15, 0.2) is 0 Å². The number of carbonyl (C=O) groups is 1. The maximum atomic E-state index is 11.3. The zero-order valence-corrected chi connectivity index (χ0v) is 11.6. The van der Waals surface area contributed by atoms with E-state index >= 15 is 0 Å². The van der Waals surface area contributed by atoms with E-state index in [-0.39, 0.29) is 5.97 Å². The Kier molecular flexibility index (Phi) is 4.14. The van der Waals surface area contributed by atoms with Gasteiger partial charge in [0.2, 0.25) is 0 Å². The minimum Gasteiger partial charge on any atom is -0.465 e. The van der Waals surface area contributed by atoms with Crippen LogP contribution in [-0.2, 0) is 4.74 Å². The van der Waals surface area contributed by atoms with Crippen LogP contribution < -0.4 is 10.2 Å². The van der Waals surface area contributed by atoms with Gasteiger partial charge in [0.05, 0.1) is 12.7 Å². The Morgan fingerprint density at radius 3 is 2.50 bits per heavy atom. The molecule has 0 aliphatic rings. The van der Waals surface area contributed by atoms with Crippen LogP contribution in [0.5, 0.6) is 0 Å². The molecule has 0 saturated heterocycles. The second kappa shape index (κ2) is 6.01. The smallest absolute Gasteiger partial charge is 0.337 e. The topological polar surface area (TPSA) is 67.3 Å². The summed E-state index contributed by atoms with van der Waals surface area (Å²) in [7, 11) is 5.19. The van der Waals surface area contributed by atoms with E-state index in [9.17, 15) is 4.79 Å². The van der Waals surface area contributed by atoms with E-state index in [0.717, 1.165) is 11.5 Å². The lowest BCUT2D eigenvalue weighted by Gasteiger charge is -2.12. The summed E-state index contributed by atoms with van der Waals surface area (Å²) in [6, 6.07) is 8.83. The van der Waals surface area contributed by atoms with E-state index in [1.54, 1.807) is 24.3 Å². The zero-order chi connectivity index (χ0) is 14.5. The van der Waals surface area contributed by atoms with Crippen molar-refractivity contribution in [3.63, 3.8) is 0 Å². The molecule has 6 nitrogen and oxygen atoms in total. The van der Waals surface area contributed by atoms with Crippen LogP contribution >= 0.6 is 0 Å². The van der Waals surface area contributed by atoms with Crippen molar-refractivity contribution in [1.82, 2.24) is 9.97 Å². The van der Waals surface area contributed by atoms with Crippen LogP contribution in [0.1, 0.15) is 10.4 Å². The number of esters is 1. The number of hydrogen-bond acceptors (Lipinski definition) is 6. The molecular weight excluding hydrogens is 256 g/mol. The van der Waals surface area contributed by atoms with Crippen molar-refractivity contribution in [3.8, 4) is 0 Å². The number of anilines is 3. The molecule has 6 heteroatoms. The van der Waals surface area contributed by atoms with Gasteiger partial charge in [-0.2, -0.15) is 0 Å². The number of hydrogen-bond donors (Lipinski definition) is 1. The molecule has 2 aromatic rings. The summed E-state index contributed by atoms with van der Waals surface area (Å²) in [6.45, 7) is 0. The first-order chi connectivity index (χ1) is 9.60. The number of ether oxygens (including phenoxy) is 1. The Labute approximate surface area is 117 Å². The summed E-state index contributed by atoms with van der Waals surface area (Å²) in [4.78, 5) is 21.5. The minimum atomic E-state index is -0.353. The fourth-order valence-electron chi connectivity index (χ4n) is 1.62. The van der Waals surface area contributed by atoms with Crippen LogP contribution in [-0.4, -0.2) is 37.1 Å². The van der Waals surface area contributed by atoms with Crippen molar-refractivity contribution in [1.29, 1.82) is 0 Å². The molecule has 1 aromatic heterocycles. The van der Waals surface area contributed by atoms with Crippen LogP contribution in [0.15, 0.2) is 36.7 Å². The first-order valence-corrected chi connectivity index (χ1v) is 6.05. The van der Waals surface area contributed by atoms with Gasteiger partial charge in [-0.15, -0.1) is 0 Å². The SMILES string of the molecule is COC(=O)c1ccc(Nc2cc(N(C)C)ncn2)cc1. The molecule has 0 fully saturated rings. The third-order valence-electron chi connectivity index (χ3n) is 2.69. The highest BCUT2D eigenvalue weighted by Gasteiger charge is 2.05. The average molecular weight is 272 g/mol. The monoisotopic (exact) mass is 272 g/mol. The number of aromatic nitrogens is 2. The van der Waals surface area contributed by atoms with Crippen LogP contribution in [0.25, 0.3) is 0 Å². The molecule has 1 N–H and O–H groups in total. The molecule has 104 valence electrons. The molecule has 0 bridgehead atoms. The van der Waals surface area contributed by atoms with Gasteiger partial charge < -0.3 is 15.0 Å². The molecule has 20 heavy (non-hydrogen) atoms. The predicted molar refractivity (Wildman–Crippen MR) is 77.4 cm³/mol. The van der Waals surface area contributed by atoms with E-state index in [0.29, 0.717) is 11.4 Å². The number of nitrogens with one attached hydrogen (secondary N) is 1. The lowest BCUT2D eigenvalue weighted by atomic mass is 10.2. The number of rotatable bonds is 4. The Hall–Kier alpha value is -2.63. The summed E-state index contributed by atoms with van der Waals surface area (Å²) in [5.41, 5.74) is 1.34. The van der Waals surface area contributed by atoms with Gasteiger partial charge in [0.25, 0.3) is 0 Å². The molecule has 0 spiro atoms. The standard InChI is InChI=1S/C14H16N4O2/c1-18(2)13-8-12(15-9-16-13)17-11-6-4-10(5-7-11)14(19)20-3/h4-9H,1-3H3,(H,15,16,17). The van der Waals surface area contributed by atoms with Gasteiger partial charge in [0.1, 0.15) is 18.0 Å². The van der Waals surface area contributed by atoms with E-state index in [2.05, 4.69) is 20.0 Å². The normalized spacial score (nSPS) is 9.95. The third-order valence-corrected chi connectivity index (χ3v) is 2.69. The Morgan fingerprint density at radius 2 is 1.90 bits per heavy atom. The van der Waals surface area contributed by atoms with Crippen LogP contribution in [0, 0.1) is 0 Å². The summed E-state index contributed by atoms with van der Waals surface area (Å²) in [5, 5.41) is 3.15. The van der Waals surface area contributed by atoms with Crippen LogP contribution in [0.3, 0.4) is 0 Å². The highest BCUT2D eigenvalue weighted by Crippen LogP contribution is 2.18. The number of nitrogens with zero attached hydrogens (tertiary/aromatic N) is 3. The van der Waals surface area contributed by atoms with Gasteiger partial charge >= 0.3 is 5.97 Å². The third kappa shape index (κ3) is 3.23. The molecule has 1 aromatic carbocycles. The van der Waals surface area contributed by atoms with Gasteiger partial charge in [-0.25, -0.2) is 14.8 Å². The van der Waals surface area contributed by atoms with Crippen LogP contribution in [0.2, 0.25) is 0 Å². The first-order valence-electron chi connectivity index (χ1n) is 6.05. The number of carbonyl (C=O) groups excluding carboxylic acids is 1. The molecule has 0 saturated carbocycles. The maximum absolute atomic E-state index is 11.3. The average Bonchev–Trinajstić information content (AvgIpc) is 2.47. The van der Waals surface area contributed by atoms with Crippen molar-refractivity contribution in [3.05, 3.63) is 42.2 Å². The highest BCUT2D eigenvalue weighted by atomic mass is 16.5. The van der Waals surface area contributed by atoms with E-state index in [1.807, 2.05) is 25.1 Å². The fraction of sp³-hybridized carbons (Fsp3) is 0.214. The molecule has 0 amide bonds.